The molecule has 1 fully saturated rings. The van der Waals surface area contributed by atoms with Crippen molar-refractivity contribution >= 4 is 0 Å². The first kappa shape index (κ1) is 13.4. The summed E-state index contributed by atoms with van der Waals surface area (Å²) in [5.74, 6) is 0.822. The number of hydrogen-bond acceptors (Lipinski definition) is 3. The fourth-order valence-electron chi connectivity index (χ4n) is 2.46. The van der Waals surface area contributed by atoms with Crippen molar-refractivity contribution < 1.29 is 9.84 Å². The van der Waals surface area contributed by atoms with Crippen LogP contribution in [-0.4, -0.2) is 41.8 Å². The van der Waals surface area contributed by atoms with Gasteiger partial charge >= 0.3 is 0 Å². The van der Waals surface area contributed by atoms with Crippen LogP contribution in [0.2, 0.25) is 0 Å². The molecular weight excluding hydrogens is 226 g/mol. The highest BCUT2D eigenvalue weighted by molar-refractivity contribution is 5.20. The number of benzene rings is 1. The first-order valence-corrected chi connectivity index (χ1v) is 6.85. The molecule has 1 aliphatic rings. The third-order valence-corrected chi connectivity index (χ3v) is 3.57. The van der Waals surface area contributed by atoms with Crippen molar-refractivity contribution in [2.24, 2.45) is 0 Å². The normalized spacial score (nSPS) is 22.7. The Balaban J connectivity index is 1.73. The van der Waals surface area contributed by atoms with Crippen molar-refractivity contribution in [2.75, 3.05) is 19.7 Å². The molecule has 1 aliphatic heterocycles. The molecule has 1 heterocycles. The molecule has 0 amide bonds. The molecular formula is C15H23NO2. The predicted octanol–water partition coefficient (Wildman–Crippen LogP) is 2.30. The largest absolute Gasteiger partial charge is 0.491 e. The lowest BCUT2D eigenvalue weighted by molar-refractivity contribution is 0.0438. The first-order valence-electron chi connectivity index (χ1n) is 6.85. The first-order chi connectivity index (χ1) is 8.75. The number of para-hydroxylation sites is 1. The van der Waals surface area contributed by atoms with E-state index in [0.29, 0.717) is 19.2 Å². The molecule has 0 aromatic heterocycles. The van der Waals surface area contributed by atoms with Crippen LogP contribution in [0.5, 0.6) is 5.75 Å². The van der Waals surface area contributed by atoms with Crippen molar-refractivity contribution in [2.45, 2.75) is 38.3 Å². The van der Waals surface area contributed by atoms with Gasteiger partial charge in [0, 0.05) is 12.6 Å². The van der Waals surface area contributed by atoms with E-state index < -0.39 is 6.10 Å². The summed E-state index contributed by atoms with van der Waals surface area (Å²) >= 11 is 0. The van der Waals surface area contributed by atoms with Crippen LogP contribution in [0, 0.1) is 0 Å². The van der Waals surface area contributed by atoms with Gasteiger partial charge in [-0.25, -0.2) is 0 Å². The zero-order chi connectivity index (χ0) is 12.8. The zero-order valence-corrected chi connectivity index (χ0v) is 11.1. The van der Waals surface area contributed by atoms with Gasteiger partial charge in [-0.05, 0) is 38.4 Å². The van der Waals surface area contributed by atoms with Crippen molar-refractivity contribution in [3.63, 3.8) is 0 Å². The van der Waals surface area contributed by atoms with Crippen molar-refractivity contribution in [3.8, 4) is 5.75 Å². The summed E-state index contributed by atoms with van der Waals surface area (Å²) in [5.41, 5.74) is 0. The van der Waals surface area contributed by atoms with E-state index in [1.165, 1.54) is 19.3 Å². The van der Waals surface area contributed by atoms with Gasteiger partial charge in [-0.2, -0.15) is 0 Å². The van der Waals surface area contributed by atoms with Gasteiger partial charge in [-0.1, -0.05) is 24.6 Å². The molecule has 2 atom stereocenters. The van der Waals surface area contributed by atoms with Crippen molar-refractivity contribution in [1.82, 2.24) is 4.90 Å². The average Bonchev–Trinajstić information content (AvgIpc) is 2.40. The maximum Gasteiger partial charge on any atom is 0.119 e. The topological polar surface area (TPSA) is 32.7 Å². The Morgan fingerprint density at radius 2 is 2.11 bits per heavy atom. The van der Waals surface area contributed by atoms with Gasteiger partial charge in [-0.3, -0.25) is 4.90 Å². The standard InChI is InChI=1S/C15H23NO2/c1-13-7-5-6-10-16(13)11-14(17)12-18-15-8-3-2-4-9-15/h2-4,8-9,13-14,17H,5-7,10-12H2,1H3/t13-,14-/m0/s1. The van der Waals surface area contributed by atoms with Gasteiger partial charge in [0.25, 0.3) is 0 Å². The summed E-state index contributed by atoms with van der Waals surface area (Å²) in [6.07, 6.45) is 3.39. The molecule has 3 nitrogen and oxygen atoms in total. The number of aliphatic hydroxyl groups excluding tert-OH is 1. The number of hydrogen-bond donors (Lipinski definition) is 1. The fourth-order valence-corrected chi connectivity index (χ4v) is 2.46. The highest BCUT2D eigenvalue weighted by Crippen LogP contribution is 2.16. The van der Waals surface area contributed by atoms with E-state index in [4.69, 9.17) is 4.74 Å². The number of nitrogens with zero attached hydrogens (tertiary/aromatic N) is 1. The molecule has 1 aromatic rings. The van der Waals surface area contributed by atoms with Crippen LogP contribution in [0.15, 0.2) is 30.3 Å². The molecule has 0 unspecified atom stereocenters. The Labute approximate surface area is 109 Å². The second-order valence-electron chi connectivity index (χ2n) is 5.12. The van der Waals surface area contributed by atoms with Crippen LogP contribution in [-0.2, 0) is 0 Å². The average molecular weight is 249 g/mol. The monoisotopic (exact) mass is 249 g/mol. The van der Waals surface area contributed by atoms with Crippen LogP contribution < -0.4 is 4.74 Å². The third kappa shape index (κ3) is 4.00. The van der Waals surface area contributed by atoms with E-state index in [9.17, 15) is 5.11 Å². The van der Waals surface area contributed by atoms with Gasteiger partial charge in [0.05, 0.1) is 0 Å². The van der Waals surface area contributed by atoms with Gasteiger partial charge in [0.15, 0.2) is 0 Å². The molecule has 18 heavy (non-hydrogen) atoms. The molecule has 0 saturated carbocycles. The Morgan fingerprint density at radius 3 is 2.83 bits per heavy atom. The number of piperidine rings is 1. The van der Waals surface area contributed by atoms with Gasteiger partial charge < -0.3 is 9.84 Å². The third-order valence-electron chi connectivity index (χ3n) is 3.57. The van der Waals surface area contributed by atoms with Crippen LogP contribution >= 0.6 is 0 Å². The summed E-state index contributed by atoms with van der Waals surface area (Å²) < 4.78 is 5.57. The second-order valence-corrected chi connectivity index (χ2v) is 5.12. The Hall–Kier alpha value is -1.06. The second kappa shape index (κ2) is 6.76. The lowest BCUT2D eigenvalue weighted by atomic mass is 10.0. The smallest absolute Gasteiger partial charge is 0.119 e. The summed E-state index contributed by atoms with van der Waals surface area (Å²) in [4.78, 5) is 2.36. The zero-order valence-electron chi connectivity index (χ0n) is 11.1. The Morgan fingerprint density at radius 1 is 1.33 bits per heavy atom. The van der Waals surface area contributed by atoms with Crippen LogP contribution in [0.1, 0.15) is 26.2 Å². The summed E-state index contributed by atoms with van der Waals surface area (Å²) in [6, 6.07) is 10.2. The lowest BCUT2D eigenvalue weighted by Gasteiger charge is -2.34. The Bertz CT molecular complexity index is 342. The van der Waals surface area contributed by atoms with Crippen LogP contribution in [0.25, 0.3) is 0 Å². The minimum atomic E-state index is -0.411. The number of ether oxygens (including phenoxy) is 1. The summed E-state index contributed by atoms with van der Waals surface area (Å²) in [7, 11) is 0. The Kier molecular flexibility index (Phi) is 5.02. The van der Waals surface area contributed by atoms with Crippen molar-refractivity contribution in [1.29, 1.82) is 0 Å². The van der Waals surface area contributed by atoms with E-state index in [-0.39, 0.29) is 0 Å². The number of β-amino-alcohol motifs (C(OH)–C–C–N with tert-alkyl or cyclic N) is 1. The van der Waals surface area contributed by atoms with Crippen LogP contribution in [0.3, 0.4) is 0 Å². The van der Waals surface area contributed by atoms with Gasteiger partial charge in [0.1, 0.15) is 18.5 Å². The van der Waals surface area contributed by atoms with E-state index >= 15 is 0 Å². The highest BCUT2D eigenvalue weighted by atomic mass is 16.5. The number of likely N-dealkylation sites (tertiary alicyclic amines) is 1. The van der Waals surface area contributed by atoms with Gasteiger partial charge in [-0.15, -0.1) is 0 Å². The van der Waals surface area contributed by atoms with Gasteiger partial charge in [0.2, 0.25) is 0 Å². The molecule has 0 bridgehead atoms. The number of rotatable bonds is 5. The van der Waals surface area contributed by atoms with Crippen molar-refractivity contribution in [3.05, 3.63) is 30.3 Å². The maximum atomic E-state index is 10.0. The van der Waals surface area contributed by atoms with Crippen LogP contribution in [0.4, 0.5) is 0 Å². The predicted molar refractivity (Wildman–Crippen MR) is 72.8 cm³/mol. The molecule has 3 heteroatoms. The molecule has 0 radical (unpaired) electrons. The summed E-state index contributed by atoms with van der Waals surface area (Å²) in [5, 5.41) is 10.0. The number of aliphatic hydroxyl groups is 1. The van der Waals surface area contributed by atoms with E-state index in [1.807, 2.05) is 30.3 Å². The molecule has 1 aromatic carbocycles. The molecule has 100 valence electrons. The quantitative estimate of drug-likeness (QED) is 0.869. The molecule has 0 aliphatic carbocycles. The SMILES string of the molecule is C[C@H]1CCCCN1C[C@H](O)COc1ccccc1. The molecule has 2 rings (SSSR count). The minimum absolute atomic E-state index is 0.368. The molecule has 1 N–H and O–H groups in total. The van der Waals surface area contributed by atoms with E-state index in [0.717, 1.165) is 12.3 Å². The van der Waals surface area contributed by atoms with E-state index in [2.05, 4.69) is 11.8 Å². The fraction of sp³-hybridized carbons (Fsp3) is 0.600. The summed E-state index contributed by atoms with van der Waals surface area (Å²) in [6.45, 7) is 4.43. The van der Waals surface area contributed by atoms with E-state index in [1.54, 1.807) is 0 Å². The molecule has 1 saturated heterocycles. The lowest BCUT2D eigenvalue weighted by Crippen LogP contribution is -2.43. The molecule has 0 spiro atoms. The minimum Gasteiger partial charge on any atom is -0.491 e. The maximum absolute atomic E-state index is 10.0. The highest BCUT2D eigenvalue weighted by Gasteiger charge is 2.20.